The van der Waals surface area contributed by atoms with Crippen LogP contribution in [0.25, 0.3) is 22.3 Å². The van der Waals surface area contributed by atoms with E-state index in [-0.39, 0.29) is 12.4 Å². The fourth-order valence-electron chi connectivity index (χ4n) is 3.95. The smallest absolute Gasteiger partial charge is 0.331 e. The first-order chi connectivity index (χ1) is 17.2. The van der Waals surface area contributed by atoms with Gasteiger partial charge in [-0.3, -0.25) is 4.79 Å². The molecule has 1 aliphatic heterocycles. The highest BCUT2D eigenvalue weighted by Gasteiger charge is 2.31. The number of rotatable bonds is 6. The van der Waals surface area contributed by atoms with Crippen molar-refractivity contribution in [2.24, 2.45) is 0 Å². The summed E-state index contributed by atoms with van der Waals surface area (Å²) in [5.41, 5.74) is 1.59. The Balaban J connectivity index is 1.85. The number of aliphatic hydroxyl groups excluding tert-OH is 1. The number of carbonyl (C=O) groups excluding carboxylic acids is 1. The number of nitrogens with zero attached hydrogens (tertiary/aromatic N) is 5. The summed E-state index contributed by atoms with van der Waals surface area (Å²) in [7, 11) is 1.55. The minimum Gasteiger partial charge on any atom is -0.496 e. The lowest BCUT2D eigenvalue weighted by Crippen LogP contribution is -2.37. The van der Waals surface area contributed by atoms with Crippen LogP contribution in [0, 0.1) is 11.3 Å². The van der Waals surface area contributed by atoms with Crippen LogP contribution in [0.5, 0.6) is 5.75 Å². The first-order valence-electron chi connectivity index (χ1n) is 11.7. The second-order valence-electron chi connectivity index (χ2n) is 9.35. The molecule has 3 heterocycles. The summed E-state index contributed by atoms with van der Waals surface area (Å²) in [6.45, 7) is 7.32. The molecular formula is C26H29N5O5. The van der Waals surface area contributed by atoms with E-state index in [2.05, 4.69) is 9.97 Å². The van der Waals surface area contributed by atoms with E-state index >= 15 is 0 Å². The average molecular weight is 492 g/mol. The second kappa shape index (κ2) is 10.4. The Labute approximate surface area is 209 Å². The Hall–Kier alpha value is -3.81. The predicted molar refractivity (Wildman–Crippen MR) is 132 cm³/mol. The van der Waals surface area contributed by atoms with Crippen molar-refractivity contribution in [3.63, 3.8) is 0 Å². The van der Waals surface area contributed by atoms with E-state index in [1.165, 1.54) is 0 Å². The molecule has 36 heavy (non-hydrogen) atoms. The molecule has 10 heteroatoms. The number of ether oxygens (including phenoxy) is 3. The highest BCUT2D eigenvalue weighted by atomic mass is 16.6. The predicted octanol–water partition coefficient (Wildman–Crippen LogP) is 2.98. The largest absolute Gasteiger partial charge is 0.496 e. The summed E-state index contributed by atoms with van der Waals surface area (Å²) in [6, 6.07) is 11.1. The van der Waals surface area contributed by atoms with Crippen molar-refractivity contribution in [2.75, 3.05) is 38.3 Å². The monoisotopic (exact) mass is 491 g/mol. The maximum absolute atomic E-state index is 12.8. The number of hydrogen-bond acceptors (Lipinski definition) is 10. The zero-order valence-corrected chi connectivity index (χ0v) is 20.8. The molecule has 1 atom stereocenters. The zero-order chi connectivity index (χ0) is 25.9. The molecule has 0 amide bonds. The van der Waals surface area contributed by atoms with Crippen molar-refractivity contribution in [3.8, 4) is 23.1 Å². The van der Waals surface area contributed by atoms with Crippen molar-refractivity contribution < 1.29 is 24.1 Å². The lowest BCUT2D eigenvalue weighted by atomic mass is 10.1. The van der Waals surface area contributed by atoms with Crippen LogP contribution in [-0.2, 0) is 20.9 Å². The third-order valence-electron chi connectivity index (χ3n) is 5.64. The Bertz CT molecular complexity index is 1310. The maximum atomic E-state index is 12.8. The Morgan fingerprint density at radius 2 is 1.94 bits per heavy atom. The van der Waals surface area contributed by atoms with E-state index in [9.17, 15) is 15.2 Å². The van der Waals surface area contributed by atoms with Crippen LogP contribution in [0.2, 0.25) is 0 Å². The summed E-state index contributed by atoms with van der Waals surface area (Å²) in [5, 5.41) is 20.3. The molecule has 10 nitrogen and oxygen atoms in total. The van der Waals surface area contributed by atoms with Crippen molar-refractivity contribution in [3.05, 3.63) is 41.7 Å². The number of fused-ring (bicyclic) bond motifs is 1. The molecule has 0 aliphatic carbocycles. The van der Waals surface area contributed by atoms with Gasteiger partial charge in [0.1, 0.15) is 17.2 Å². The molecule has 188 valence electrons. The highest BCUT2D eigenvalue weighted by molar-refractivity contribution is 5.90. The van der Waals surface area contributed by atoms with Gasteiger partial charge in [0.15, 0.2) is 11.5 Å². The Kier molecular flexibility index (Phi) is 7.33. The number of aliphatic hydroxyl groups is 1. The number of pyridine rings is 1. The van der Waals surface area contributed by atoms with E-state index in [0.29, 0.717) is 60.2 Å². The molecule has 4 rings (SSSR count). The number of aromatic nitrogens is 3. The van der Waals surface area contributed by atoms with E-state index in [4.69, 9.17) is 19.2 Å². The van der Waals surface area contributed by atoms with Crippen LogP contribution in [0.4, 0.5) is 5.82 Å². The fourth-order valence-corrected chi connectivity index (χ4v) is 3.95. The molecule has 1 saturated heterocycles. The molecule has 1 aliphatic rings. The van der Waals surface area contributed by atoms with Gasteiger partial charge < -0.3 is 24.2 Å². The number of esters is 1. The summed E-state index contributed by atoms with van der Waals surface area (Å²) in [4.78, 5) is 28.8. The summed E-state index contributed by atoms with van der Waals surface area (Å²) in [5.74, 6) is -0.810. The van der Waals surface area contributed by atoms with Gasteiger partial charge in [-0.1, -0.05) is 0 Å². The summed E-state index contributed by atoms with van der Waals surface area (Å²) in [6.07, 6.45) is 0. The molecule has 3 aromatic rings. The molecule has 1 aromatic carbocycles. The SMILES string of the molecule is COc1ccc(-c2ccc3c(N4CCOCC4)nc(C(C#N)C(=O)OC(C)(C)C)nc3n2)cc1CO. The number of anilines is 1. The molecule has 1 unspecified atom stereocenters. The van der Waals surface area contributed by atoms with Gasteiger partial charge in [-0.2, -0.15) is 5.26 Å². The van der Waals surface area contributed by atoms with Gasteiger partial charge in [-0.15, -0.1) is 0 Å². The normalized spacial score (nSPS) is 14.8. The van der Waals surface area contributed by atoms with Gasteiger partial charge in [0.2, 0.25) is 5.92 Å². The molecule has 2 aromatic heterocycles. The van der Waals surface area contributed by atoms with Crippen LogP contribution in [-0.4, -0.2) is 65.0 Å². The fraction of sp³-hybridized carbons (Fsp3) is 0.423. The van der Waals surface area contributed by atoms with E-state index in [1.807, 2.05) is 29.2 Å². The van der Waals surface area contributed by atoms with Crippen molar-refractivity contribution >= 4 is 22.8 Å². The lowest BCUT2D eigenvalue weighted by Gasteiger charge is -2.29. The highest BCUT2D eigenvalue weighted by Crippen LogP contribution is 2.31. The summed E-state index contributed by atoms with van der Waals surface area (Å²) >= 11 is 0. The van der Waals surface area contributed by atoms with Gasteiger partial charge in [-0.25, -0.2) is 15.0 Å². The number of benzene rings is 1. The van der Waals surface area contributed by atoms with Crippen molar-refractivity contribution in [2.45, 2.75) is 38.9 Å². The average Bonchev–Trinajstić information content (AvgIpc) is 2.87. The first-order valence-corrected chi connectivity index (χ1v) is 11.7. The quantitative estimate of drug-likeness (QED) is 0.513. The molecule has 0 bridgehead atoms. The van der Waals surface area contributed by atoms with Crippen LogP contribution < -0.4 is 9.64 Å². The van der Waals surface area contributed by atoms with Gasteiger partial charge in [0.05, 0.1) is 44.1 Å². The molecule has 0 saturated carbocycles. The Morgan fingerprint density at radius 1 is 1.19 bits per heavy atom. The third-order valence-corrected chi connectivity index (χ3v) is 5.64. The number of nitriles is 1. The third kappa shape index (κ3) is 5.37. The van der Waals surface area contributed by atoms with Gasteiger partial charge in [0.25, 0.3) is 0 Å². The van der Waals surface area contributed by atoms with Crippen LogP contribution in [0.1, 0.15) is 38.1 Å². The zero-order valence-electron chi connectivity index (χ0n) is 20.8. The number of hydrogen-bond donors (Lipinski definition) is 1. The number of morpholine rings is 1. The van der Waals surface area contributed by atoms with Crippen LogP contribution in [0.3, 0.4) is 0 Å². The van der Waals surface area contributed by atoms with Crippen molar-refractivity contribution in [1.29, 1.82) is 5.26 Å². The molecular weight excluding hydrogens is 462 g/mol. The minimum atomic E-state index is -1.30. The first kappa shape index (κ1) is 25.3. The topological polar surface area (TPSA) is 131 Å². The number of carbonyl (C=O) groups is 1. The second-order valence-corrected chi connectivity index (χ2v) is 9.35. The maximum Gasteiger partial charge on any atom is 0.331 e. The molecule has 1 fully saturated rings. The van der Waals surface area contributed by atoms with E-state index < -0.39 is 17.5 Å². The minimum absolute atomic E-state index is 0.0381. The van der Waals surface area contributed by atoms with Gasteiger partial charge >= 0.3 is 5.97 Å². The number of methoxy groups -OCH3 is 1. The van der Waals surface area contributed by atoms with Gasteiger partial charge in [-0.05, 0) is 51.1 Å². The van der Waals surface area contributed by atoms with Crippen LogP contribution in [0.15, 0.2) is 30.3 Å². The molecule has 0 spiro atoms. The summed E-state index contributed by atoms with van der Waals surface area (Å²) < 4.78 is 16.2. The van der Waals surface area contributed by atoms with Crippen molar-refractivity contribution in [1.82, 2.24) is 15.0 Å². The molecule has 0 radical (unpaired) electrons. The van der Waals surface area contributed by atoms with Gasteiger partial charge in [0, 0.05) is 24.2 Å². The standard InChI is InChI=1S/C26H29N5O5/c1-26(2,3)36-25(33)19(14-27)23-29-22-18(24(30-23)31-9-11-35-12-10-31)6-7-20(28-22)16-5-8-21(34-4)17(13-16)15-32/h5-8,13,19,32H,9-12,15H2,1-4H3. The lowest BCUT2D eigenvalue weighted by molar-refractivity contribution is -0.155. The Morgan fingerprint density at radius 3 is 2.58 bits per heavy atom. The van der Waals surface area contributed by atoms with Crippen LogP contribution >= 0.6 is 0 Å². The molecule has 1 N–H and O–H groups in total. The van der Waals surface area contributed by atoms with E-state index in [1.54, 1.807) is 40.0 Å². The van der Waals surface area contributed by atoms with E-state index in [0.717, 1.165) is 5.56 Å².